The van der Waals surface area contributed by atoms with Gasteiger partial charge in [0.2, 0.25) is 0 Å². The van der Waals surface area contributed by atoms with Crippen molar-refractivity contribution in [2.24, 2.45) is 5.73 Å². The molecule has 6 atom stereocenters. The Hall–Kier alpha value is -2.39. The van der Waals surface area contributed by atoms with E-state index in [1.807, 2.05) is 4.90 Å². The smallest absolute Gasteiger partial charge is 0.414 e. The molecule has 12 nitrogen and oxygen atoms in total. The van der Waals surface area contributed by atoms with Crippen molar-refractivity contribution in [2.45, 2.75) is 75.8 Å². The van der Waals surface area contributed by atoms with Gasteiger partial charge >= 0.3 is 6.09 Å². The Bertz CT molecular complexity index is 1020. The van der Waals surface area contributed by atoms with Gasteiger partial charge in [-0.25, -0.2) is 9.18 Å². The van der Waals surface area contributed by atoms with E-state index < -0.39 is 43.3 Å². The van der Waals surface area contributed by atoms with Gasteiger partial charge in [0.05, 0.1) is 30.6 Å². The van der Waals surface area contributed by atoms with Crippen LogP contribution in [-0.4, -0.2) is 121 Å². The van der Waals surface area contributed by atoms with E-state index in [1.165, 1.54) is 17.9 Å². The molecule has 5 N–H and O–H groups in total. The van der Waals surface area contributed by atoms with E-state index in [0.717, 1.165) is 38.9 Å². The molecule has 3 heterocycles. The Morgan fingerprint density at radius 2 is 1.90 bits per heavy atom. The number of anilines is 2. The zero-order valence-corrected chi connectivity index (χ0v) is 23.6. The maximum absolute atomic E-state index is 15.1. The number of benzene rings is 1. The van der Waals surface area contributed by atoms with E-state index >= 15 is 4.39 Å². The molecule has 0 saturated carbocycles. The lowest BCUT2D eigenvalue weighted by Crippen LogP contribution is -2.62. The minimum Gasteiger partial charge on any atom is -0.444 e. The molecule has 1 aromatic rings. The van der Waals surface area contributed by atoms with Gasteiger partial charge in [-0.3, -0.25) is 9.80 Å². The molecule has 3 fully saturated rings. The summed E-state index contributed by atoms with van der Waals surface area (Å²) in [5.41, 5.74) is 6.85. The van der Waals surface area contributed by atoms with Crippen molar-refractivity contribution in [3.05, 3.63) is 24.0 Å². The van der Waals surface area contributed by atoms with Crippen LogP contribution >= 0.6 is 0 Å². The average molecular weight is 583 g/mol. The van der Waals surface area contributed by atoms with Gasteiger partial charge in [-0.1, -0.05) is 0 Å². The average Bonchev–Trinajstić information content (AvgIpc) is 3.34. The Balaban J connectivity index is 1.14. The minimum absolute atomic E-state index is 0.0406. The molecule has 230 valence electrons. The molecule has 3 saturated heterocycles. The Kier molecular flexibility index (Phi) is 11.3. The van der Waals surface area contributed by atoms with Crippen molar-refractivity contribution in [2.75, 3.05) is 62.3 Å². The molecule has 0 radical (unpaired) electrons. The normalized spacial score (nSPS) is 29.2. The molecular weight excluding hydrogens is 539 g/mol. The van der Waals surface area contributed by atoms with Crippen LogP contribution in [0, 0.1) is 5.82 Å². The summed E-state index contributed by atoms with van der Waals surface area (Å²) < 4.78 is 31.5. The Morgan fingerprint density at radius 3 is 2.59 bits per heavy atom. The number of piperazine rings is 1. The second kappa shape index (κ2) is 14.7. The first-order valence-corrected chi connectivity index (χ1v) is 14.4. The molecule has 0 aliphatic carbocycles. The van der Waals surface area contributed by atoms with Gasteiger partial charge in [-0.2, -0.15) is 0 Å². The van der Waals surface area contributed by atoms with Gasteiger partial charge < -0.3 is 45.0 Å². The van der Waals surface area contributed by atoms with Crippen LogP contribution in [0.2, 0.25) is 0 Å². The summed E-state index contributed by atoms with van der Waals surface area (Å²) in [5.74, 6) is -0.344. The van der Waals surface area contributed by atoms with Gasteiger partial charge in [-0.15, -0.1) is 0 Å². The molecule has 0 bridgehead atoms. The molecule has 1 amide bonds. The Labute approximate surface area is 239 Å². The maximum atomic E-state index is 15.1. The number of amides is 1. The summed E-state index contributed by atoms with van der Waals surface area (Å²) in [4.78, 5) is 29.3. The van der Waals surface area contributed by atoms with E-state index in [0.29, 0.717) is 50.5 Å². The molecule has 3 aliphatic rings. The highest BCUT2D eigenvalue weighted by atomic mass is 19.1. The summed E-state index contributed by atoms with van der Waals surface area (Å²) in [7, 11) is 0. The third-order valence-corrected chi connectivity index (χ3v) is 7.98. The lowest BCUT2D eigenvalue weighted by molar-refractivity contribution is -0.265. The van der Waals surface area contributed by atoms with Gasteiger partial charge in [0.1, 0.15) is 36.0 Å². The number of ketones is 1. The zero-order valence-electron chi connectivity index (χ0n) is 23.6. The van der Waals surface area contributed by atoms with Crippen LogP contribution in [0.5, 0.6) is 0 Å². The van der Waals surface area contributed by atoms with Crippen molar-refractivity contribution >= 4 is 23.3 Å². The number of Topliss-reactive ketones (excluding diaryl/α,β-unsaturated/α-hetero) is 1. The summed E-state index contributed by atoms with van der Waals surface area (Å²) >= 11 is 0. The van der Waals surface area contributed by atoms with Crippen LogP contribution in [0.25, 0.3) is 0 Å². The van der Waals surface area contributed by atoms with Crippen molar-refractivity contribution in [1.29, 1.82) is 0 Å². The fourth-order valence-electron chi connectivity index (χ4n) is 5.45. The standard InChI is InChI=1S/C28H43FN4O8/c1-18(35)5-7-20-16-33(28(38)40-20)19-6-8-22(21(29)15-19)32-12-10-31(11-13-32)9-3-2-4-14-39-27-24(30)26(37)25(36)23(17-34)41-27/h6,8,15,20,23-27,34,36-37H,2-5,7,9-14,16-17,30H2,1H3/t20-,23?,24?,25?,26?,27?/m0/s1. The van der Waals surface area contributed by atoms with Crippen LogP contribution < -0.4 is 15.5 Å². The van der Waals surface area contributed by atoms with Gasteiger partial charge in [0.15, 0.2) is 6.29 Å². The fraction of sp³-hybridized carbons (Fsp3) is 0.714. The number of rotatable bonds is 13. The summed E-state index contributed by atoms with van der Waals surface area (Å²) in [6.07, 6.45) is -1.73. The number of carbonyl (C=O) groups excluding carboxylic acids is 2. The largest absolute Gasteiger partial charge is 0.444 e. The zero-order chi connectivity index (χ0) is 29.5. The lowest BCUT2D eigenvalue weighted by atomic mass is 9.98. The number of hydrogen-bond donors (Lipinski definition) is 4. The predicted molar refractivity (Wildman–Crippen MR) is 148 cm³/mol. The van der Waals surface area contributed by atoms with Crippen LogP contribution in [-0.2, 0) is 19.0 Å². The number of nitrogens with two attached hydrogens (primary N) is 1. The molecule has 5 unspecified atom stereocenters. The number of ether oxygens (including phenoxy) is 3. The van der Waals surface area contributed by atoms with Crippen molar-refractivity contribution < 1.29 is 43.5 Å². The van der Waals surface area contributed by atoms with E-state index in [4.69, 9.17) is 19.9 Å². The van der Waals surface area contributed by atoms with E-state index in [1.54, 1.807) is 12.1 Å². The van der Waals surface area contributed by atoms with E-state index in [-0.39, 0.29) is 17.7 Å². The fourth-order valence-corrected chi connectivity index (χ4v) is 5.45. The van der Waals surface area contributed by atoms with Crippen LogP contribution in [0.3, 0.4) is 0 Å². The first-order valence-electron chi connectivity index (χ1n) is 14.4. The number of carbonyl (C=O) groups is 2. The highest BCUT2D eigenvalue weighted by Crippen LogP contribution is 2.29. The quantitative estimate of drug-likeness (QED) is 0.241. The lowest BCUT2D eigenvalue weighted by Gasteiger charge is -2.40. The second-order valence-corrected chi connectivity index (χ2v) is 11.0. The molecule has 0 spiro atoms. The number of hydrogen-bond acceptors (Lipinski definition) is 11. The first kappa shape index (κ1) is 31.5. The molecule has 13 heteroatoms. The SMILES string of the molecule is CC(=O)CC[C@H]1CN(c2ccc(N3CCN(CCCCCOC4OC(CO)C(O)C(O)C4N)CC3)c(F)c2)C(=O)O1. The molecule has 3 aliphatic heterocycles. The van der Waals surface area contributed by atoms with E-state index in [2.05, 4.69) is 4.90 Å². The van der Waals surface area contributed by atoms with Gasteiger partial charge in [0.25, 0.3) is 0 Å². The highest BCUT2D eigenvalue weighted by molar-refractivity contribution is 5.90. The first-order chi connectivity index (χ1) is 19.7. The molecule has 4 rings (SSSR count). The summed E-state index contributed by atoms with van der Waals surface area (Å²) in [6, 6.07) is 3.93. The van der Waals surface area contributed by atoms with Crippen LogP contribution in [0.1, 0.15) is 39.0 Å². The highest BCUT2D eigenvalue weighted by Gasteiger charge is 2.43. The second-order valence-electron chi connectivity index (χ2n) is 11.0. The number of cyclic esters (lactones) is 1. The Morgan fingerprint density at radius 1 is 1.15 bits per heavy atom. The number of halogens is 1. The van der Waals surface area contributed by atoms with Gasteiger partial charge in [0, 0.05) is 39.2 Å². The molecule has 1 aromatic carbocycles. The third-order valence-electron chi connectivity index (χ3n) is 7.98. The number of aliphatic hydroxyl groups excluding tert-OH is 3. The predicted octanol–water partition coefficient (Wildman–Crippen LogP) is 0.595. The maximum Gasteiger partial charge on any atom is 0.414 e. The third kappa shape index (κ3) is 8.13. The van der Waals surface area contributed by atoms with Gasteiger partial charge in [-0.05, 0) is 57.4 Å². The van der Waals surface area contributed by atoms with Crippen molar-refractivity contribution in [1.82, 2.24) is 4.90 Å². The monoisotopic (exact) mass is 582 g/mol. The number of nitrogens with zero attached hydrogens (tertiary/aromatic N) is 3. The number of unbranched alkanes of at least 4 members (excludes halogenated alkanes) is 2. The molecule has 0 aromatic heterocycles. The van der Waals surface area contributed by atoms with E-state index in [9.17, 15) is 24.9 Å². The topological polar surface area (TPSA) is 158 Å². The van der Waals surface area contributed by atoms with Crippen molar-refractivity contribution in [3.8, 4) is 0 Å². The summed E-state index contributed by atoms with van der Waals surface area (Å²) in [6.45, 7) is 5.66. The molecule has 41 heavy (non-hydrogen) atoms. The van der Waals surface area contributed by atoms with Crippen molar-refractivity contribution in [3.63, 3.8) is 0 Å². The molecular formula is C28H43FN4O8. The van der Waals surface area contributed by atoms with Crippen LogP contribution in [0.4, 0.5) is 20.6 Å². The number of aliphatic hydroxyl groups is 3. The minimum atomic E-state index is -1.25. The van der Waals surface area contributed by atoms with Crippen LogP contribution in [0.15, 0.2) is 18.2 Å². The summed E-state index contributed by atoms with van der Waals surface area (Å²) in [5, 5.41) is 29.2.